The van der Waals surface area contributed by atoms with Gasteiger partial charge < -0.3 is 5.11 Å². The predicted molar refractivity (Wildman–Crippen MR) is 61.8 cm³/mol. The first-order chi connectivity index (χ1) is 7.74. The zero-order valence-corrected chi connectivity index (χ0v) is 9.51. The number of pyridine rings is 1. The summed E-state index contributed by atoms with van der Waals surface area (Å²) in [6, 6.07) is 3.92. The zero-order valence-electron chi connectivity index (χ0n) is 9.51. The Morgan fingerprint density at radius 1 is 1.38 bits per heavy atom. The van der Waals surface area contributed by atoms with Crippen LogP contribution < -0.4 is 0 Å². The average molecular weight is 217 g/mol. The van der Waals surface area contributed by atoms with Crippen molar-refractivity contribution in [1.29, 1.82) is 0 Å². The maximum Gasteiger partial charge on any atom is 0.0859 e. The molecular weight excluding hydrogens is 202 g/mol. The second kappa shape index (κ2) is 4.45. The molecule has 0 saturated carbocycles. The largest absolute Gasteiger partial charge is 0.390 e. The Balaban J connectivity index is 2.46. The predicted octanol–water partition coefficient (Wildman–Crippen LogP) is 1.77. The number of aryl methyl sites for hydroxylation is 2. The van der Waals surface area contributed by atoms with E-state index in [4.69, 9.17) is 0 Å². The minimum Gasteiger partial charge on any atom is -0.390 e. The molecular formula is C12H15N3O. The number of aliphatic hydroxyl groups excluding tert-OH is 1. The fourth-order valence-electron chi connectivity index (χ4n) is 1.67. The molecule has 4 heteroatoms. The Hall–Kier alpha value is -1.68. The summed E-state index contributed by atoms with van der Waals surface area (Å²) in [4.78, 5) is 4.32. The van der Waals surface area contributed by atoms with Gasteiger partial charge in [-0.05, 0) is 19.9 Å². The van der Waals surface area contributed by atoms with Gasteiger partial charge in [-0.15, -0.1) is 0 Å². The SMILES string of the molecule is CCn1cc(-c2ccc(C)nc2CO)cn1. The maximum atomic E-state index is 9.28. The third-order valence-electron chi connectivity index (χ3n) is 2.53. The molecule has 0 amide bonds. The number of nitrogens with zero attached hydrogens (tertiary/aromatic N) is 3. The van der Waals surface area contributed by atoms with E-state index in [1.165, 1.54) is 0 Å². The van der Waals surface area contributed by atoms with E-state index in [0.717, 1.165) is 23.4 Å². The molecule has 0 fully saturated rings. The summed E-state index contributed by atoms with van der Waals surface area (Å²) in [6.45, 7) is 4.75. The quantitative estimate of drug-likeness (QED) is 0.852. The molecule has 1 N–H and O–H groups in total. The van der Waals surface area contributed by atoms with Crippen LogP contribution in [0.25, 0.3) is 11.1 Å². The van der Waals surface area contributed by atoms with Crippen LogP contribution in [0.4, 0.5) is 0 Å². The first kappa shape index (κ1) is 10.8. The fourth-order valence-corrected chi connectivity index (χ4v) is 1.67. The van der Waals surface area contributed by atoms with Crippen LogP contribution in [0.5, 0.6) is 0 Å². The summed E-state index contributed by atoms with van der Waals surface area (Å²) < 4.78 is 1.86. The monoisotopic (exact) mass is 217 g/mol. The van der Waals surface area contributed by atoms with Crippen LogP contribution >= 0.6 is 0 Å². The van der Waals surface area contributed by atoms with Crippen molar-refractivity contribution >= 4 is 0 Å². The lowest BCUT2D eigenvalue weighted by molar-refractivity contribution is 0.277. The first-order valence-electron chi connectivity index (χ1n) is 5.34. The smallest absolute Gasteiger partial charge is 0.0859 e. The summed E-state index contributed by atoms with van der Waals surface area (Å²) in [7, 11) is 0. The van der Waals surface area contributed by atoms with Crippen LogP contribution in [-0.4, -0.2) is 19.9 Å². The van der Waals surface area contributed by atoms with Crippen molar-refractivity contribution < 1.29 is 5.11 Å². The van der Waals surface area contributed by atoms with Gasteiger partial charge in [0, 0.05) is 29.6 Å². The highest BCUT2D eigenvalue weighted by Gasteiger charge is 2.08. The van der Waals surface area contributed by atoms with Crippen molar-refractivity contribution in [2.24, 2.45) is 0 Å². The normalized spacial score (nSPS) is 10.7. The van der Waals surface area contributed by atoms with Crippen LogP contribution in [0.2, 0.25) is 0 Å². The fraction of sp³-hybridized carbons (Fsp3) is 0.333. The molecule has 0 saturated heterocycles. The summed E-state index contributed by atoms with van der Waals surface area (Å²) in [5.74, 6) is 0. The number of hydrogen-bond donors (Lipinski definition) is 1. The van der Waals surface area contributed by atoms with Gasteiger partial charge in [-0.3, -0.25) is 9.67 Å². The van der Waals surface area contributed by atoms with Crippen LogP contribution in [0.1, 0.15) is 18.3 Å². The van der Waals surface area contributed by atoms with Crippen LogP contribution in [-0.2, 0) is 13.2 Å². The third-order valence-corrected chi connectivity index (χ3v) is 2.53. The van der Waals surface area contributed by atoms with E-state index in [9.17, 15) is 5.11 Å². The van der Waals surface area contributed by atoms with E-state index in [-0.39, 0.29) is 6.61 Å². The van der Waals surface area contributed by atoms with E-state index in [1.807, 2.05) is 36.9 Å². The lowest BCUT2D eigenvalue weighted by Gasteiger charge is -2.05. The van der Waals surface area contributed by atoms with E-state index < -0.39 is 0 Å². The molecule has 0 aliphatic carbocycles. The highest BCUT2D eigenvalue weighted by molar-refractivity contribution is 5.64. The van der Waals surface area contributed by atoms with E-state index in [1.54, 1.807) is 6.20 Å². The molecule has 0 unspecified atom stereocenters. The second-order valence-corrected chi connectivity index (χ2v) is 3.69. The molecule has 0 aliphatic heterocycles. The van der Waals surface area contributed by atoms with Crippen molar-refractivity contribution in [3.63, 3.8) is 0 Å². The van der Waals surface area contributed by atoms with Gasteiger partial charge in [0.05, 0.1) is 18.5 Å². The number of aliphatic hydroxyl groups is 1. The van der Waals surface area contributed by atoms with Crippen LogP contribution in [0.15, 0.2) is 24.5 Å². The molecule has 4 nitrogen and oxygen atoms in total. The van der Waals surface area contributed by atoms with Gasteiger partial charge in [0.2, 0.25) is 0 Å². The molecule has 0 aliphatic rings. The summed E-state index contributed by atoms with van der Waals surface area (Å²) in [6.07, 6.45) is 3.76. The molecule has 0 bridgehead atoms. The average Bonchev–Trinajstić information content (AvgIpc) is 2.77. The lowest BCUT2D eigenvalue weighted by atomic mass is 10.1. The van der Waals surface area contributed by atoms with Gasteiger partial charge in [-0.25, -0.2) is 0 Å². The van der Waals surface area contributed by atoms with Crippen LogP contribution in [0, 0.1) is 6.92 Å². The van der Waals surface area contributed by atoms with E-state index in [2.05, 4.69) is 10.1 Å². The first-order valence-corrected chi connectivity index (χ1v) is 5.34. The van der Waals surface area contributed by atoms with Gasteiger partial charge in [0.1, 0.15) is 0 Å². The standard InChI is InChI=1S/C12H15N3O/c1-3-15-7-10(6-13-15)11-5-4-9(2)14-12(11)8-16/h4-7,16H,3,8H2,1-2H3. The van der Waals surface area contributed by atoms with Gasteiger partial charge in [-0.2, -0.15) is 5.10 Å². The van der Waals surface area contributed by atoms with Crippen molar-refractivity contribution in [3.8, 4) is 11.1 Å². The Labute approximate surface area is 94.6 Å². The summed E-state index contributed by atoms with van der Waals surface area (Å²) >= 11 is 0. The minimum atomic E-state index is -0.0473. The molecule has 84 valence electrons. The van der Waals surface area contributed by atoms with E-state index in [0.29, 0.717) is 5.69 Å². The number of rotatable bonds is 3. The highest BCUT2D eigenvalue weighted by Crippen LogP contribution is 2.22. The van der Waals surface area contributed by atoms with Crippen LogP contribution in [0.3, 0.4) is 0 Å². The molecule has 2 rings (SSSR count). The Kier molecular flexibility index (Phi) is 3.01. The molecule has 2 aromatic heterocycles. The Morgan fingerprint density at radius 2 is 2.19 bits per heavy atom. The molecule has 0 radical (unpaired) electrons. The zero-order chi connectivity index (χ0) is 11.5. The molecule has 2 heterocycles. The Morgan fingerprint density at radius 3 is 2.81 bits per heavy atom. The third kappa shape index (κ3) is 1.97. The number of hydrogen-bond acceptors (Lipinski definition) is 3. The number of aromatic nitrogens is 3. The molecule has 0 aromatic carbocycles. The molecule has 2 aromatic rings. The second-order valence-electron chi connectivity index (χ2n) is 3.69. The van der Waals surface area contributed by atoms with E-state index >= 15 is 0 Å². The topological polar surface area (TPSA) is 50.9 Å². The van der Waals surface area contributed by atoms with Gasteiger partial charge in [0.15, 0.2) is 0 Å². The van der Waals surface area contributed by atoms with Gasteiger partial charge >= 0.3 is 0 Å². The summed E-state index contributed by atoms with van der Waals surface area (Å²) in [5, 5.41) is 13.5. The lowest BCUT2D eigenvalue weighted by Crippen LogP contribution is -1.95. The molecule has 0 spiro atoms. The van der Waals surface area contributed by atoms with Crippen molar-refractivity contribution in [2.45, 2.75) is 27.0 Å². The molecule has 16 heavy (non-hydrogen) atoms. The Bertz CT molecular complexity index is 491. The summed E-state index contributed by atoms with van der Waals surface area (Å²) in [5.41, 5.74) is 3.57. The van der Waals surface area contributed by atoms with Gasteiger partial charge in [0.25, 0.3) is 0 Å². The van der Waals surface area contributed by atoms with Crippen molar-refractivity contribution in [1.82, 2.24) is 14.8 Å². The maximum absolute atomic E-state index is 9.28. The minimum absolute atomic E-state index is 0.0473. The molecule has 0 atom stereocenters. The van der Waals surface area contributed by atoms with Crippen molar-refractivity contribution in [3.05, 3.63) is 35.9 Å². The van der Waals surface area contributed by atoms with Gasteiger partial charge in [-0.1, -0.05) is 6.07 Å². The highest BCUT2D eigenvalue weighted by atomic mass is 16.3. The van der Waals surface area contributed by atoms with Crippen molar-refractivity contribution in [2.75, 3.05) is 0 Å².